The molecule has 2 heterocycles. The predicted molar refractivity (Wildman–Crippen MR) is 96.3 cm³/mol. The summed E-state index contributed by atoms with van der Waals surface area (Å²) < 4.78 is 0. The van der Waals surface area contributed by atoms with Gasteiger partial charge >= 0.3 is 0 Å². The van der Waals surface area contributed by atoms with Gasteiger partial charge in [0.25, 0.3) is 11.6 Å². The number of piperidine rings is 1. The molecule has 1 saturated heterocycles. The Bertz CT molecular complexity index is 799. The Kier molecular flexibility index (Phi) is 4.93. The van der Waals surface area contributed by atoms with Crippen LogP contribution in [0, 0.1) is 23.0 Å². The van der Waals surface area contributed by atoms with Crippen LogP contribution in [0.25, 0.3) is 0 Å². The minimum Gasteiger partial charge on any atom is -0.371 e. The minimum atomic E-state index is -0.492. The summed E-state index contributed by atoms with van der Waals surface area (Å²) in [6, 6.07) is 4.43. The van der Waals surface area contributed by atoms with Gasteiger partial charge in [0, 0.05) is 25.2 Å². The summed E-state index contributed by atoms with van der Waals surface area (Å²) in [5.41, 5.74) is 0.903. The van der Waals surface area contributed by atoms with E-state index in [0.29, 0.717) is 11.0 Å². The van der Waals surface area contributed by atoms with Crippen LogP contribution >= 0.6 is 11.3 Å². The predicted octanol–water partition coefficient (Wildman–Crippen LogP) is 3.24. The van der Waals surface area contributed by atoms with Crippen LogP contribution in [0.15, 0.2) is 18.2 Å². The van der Waals surface area contributed by atoms with Crippen LogP contribution in [0.5, 0.6) is 0 Å². The molecule has 2 aromatic rings. The maximum absolute atomic E-state index is 12.7. The highest BCUT2D eigenvalue weighted by Gasteiger charge is 2.24. The standard InChI is InChI=1S/C16H19N5O3S/c1-10-5-7-20(8-6-10)14-4-3-12(21(23)24)9-13(14)15(22)17-16-19-18-11(2)25-16/h3-4,9-10H,5-8H2,1-2H3,(H,17,19,22). The first-order valence-electron chi connectivity index (χ1n) is 8.09. The van der Waals surface area contributed by atoms with E-state index in [1.165, 1.54) is 23.5 Å². The van der Waals surface area contributed by atoms with Gasteiger partial charge in [0.05, 0.1) is 16.2 Å². The zero-order valence-corrected chi connectivity index (χ0v) is 14.9. The zero-order valence-electron chi connectivity index (χ0n) is 14.1. The Labute approximate surface area is 149 Å². The average molecular weight is 361 g/mol. The largest absolute Gasteiger partial charge is 0.371 e. The number of nitro groups is 1. The number of rotatable bonds is 4. The molecule has 0 radical (unpaired) electrons. The van der Waals surface area contributed by atoms with Crippen molar-refractivity contribution >= 4 is 33.8 Å². The summed E-state index contributed by atoms with van der Waals surface area (Å²) in [5, 5.41) is 22.7. The Morgan fingerprint density at radius 1 is 1.36 bits per heavy atom. The van der Waals surface area contributed by atoms with Crippen LogP contribution in [0.2, 0.25) is 0 Å². The minimum absolute atomic E-state index is 0.104. The maximum Gasteiger partial charge on any atom is 0.270 e. The molecule has 8 nitrogen and oxygen atoms in total. The van der Waals surface area contributed by atoms with Gasteiger partial charge in [-0.05, 0) is 31.7 Å². The van der Waals surface area contributed by atoms with Crippen LogP contribution < -0.4 is 10.2 Å². The molecule has 0 atom stereocenters. The topological polar surface area (TPSA) is 101 Å². The fourth-order valence-electron chi connectivity index (χ4n) is 2.86. The molecule has 9 heteroatoms. The number of non-ortho nitro benzene ring substituents is 1. The monoisotopic (exact) mass is 361 g/mol. The SMILES string of the molecule is Cc1nnc(NC(=O)c2cc([N+](=O)[O-])ccc2N2CCC(C)CC2)s1. The van der Waals surface area contributed by atoms with Crippen molar-refractivity contribution in [1.82, 2.24) is 10.2 Å². The fraction of sp³-hybridized carbons (Fsp3) is 0.438. The van der Waals surface area contributed by atoms with Crippen molar-refractivity contribution in [2.24, 2.45) is 5.92 Å². The second-order valence-corrected chi connectivity index (χ2v) is 7.39. The lowest BCUT2D eigenvalue weighted by Crippen LogP contribution is -2.34. The maximum atomic E-state index is 12.7. The molecule has 1 amide bonds. The lowest BCUT2D eigenvalue weighted by Gasteiger charge is -2.33. The number of hydrogen-bond donors (Lipinski definition) is 1. The van der Waals surface area contributed by atoms with Crippen LogP contribution in [-0.2, 0) is 0 Å². The molecule has 1 aliphatic rings. The Hall–Kier alpha value is -2.55. The third kappa shape index (κ3) is 3.93. The summed E-state index contributed by atoms with van der Waals surface area (Å²) in [6.45, 7) is 5.66. The normalized spacial score (nSPS) is 15.2. The first-order valence-corrected chi connectivity index (χ1v) is 8.90. The van der Waals surface area contributed by atoms with E-state index in [1.54, 1.807) is 13.0 Å². The fourth-order valence-corrected chi connectivity index (χ4v) is 3.44. The summed E-state index contributed by atoms with van der Waals surface area (Å²) >= 11 is 1.26. The molecule has 1 N–H and O–H groups in total. The molecular weight excluding hydrogens is 342 g/mol. The highest BCUT2D eigenvalue weighted by Crippen LogP contribution is 2.30. The molecule has 0 bridgehead atoms. The van der Waals surface area contributed by atoms with Crippen molar-refractivity contribution in [2.45, 2.75) is 26.7 Å². The number of benzene rings is 1. The van der Waals surface area contributed by atoms with Gasteiger partial charge in [0.2, 0.25) is 5.13 Å². The molecule has 3 rings (SSSR count). The second-order valence-electron chi connectivity index (χ2n) is 6.21. The van der Waals surface area contributed by atoms with Crippen molar-refractivity contribution in [3.05, 3.63) is 38.9 Å². The molecule has 0 unspecified atom stereocenters. The number of amides is 1. The summed E-state index contributed by atoms with van der Waals surface area (Å²) in [7, 11) is 0. The highest BCUT2D eigenvalue weighted by molar-refractivity contribution is 7.15. The number of anilines is 2. The van der Waals surface area contributed by atoms with Crippen molar-refractivity contribution < 1.29 is 9.72 Å². The molecular formula is C16H19N5O3S. The molecule has 1 aromatic heterocycles. The van der Waals surface area contributed by atoms with Crippen LogP contribution in [-0.4, -0.2) is 34.1 Å². The van der Waals surface area contributed by atoms with Gasteiger partial charge in [-0.1, -0.05) is 18.3 Å². The summed E-state index contributed by atoms with van der Waals surface area (Å²) in [5.74, 6) is 0.240. The summed E-state index contributed by atoms with van der Waals surface area (Å²) in [4.78, 5) is 25.4. The zero-order chi connectivity index (χ0) is 18.0. The Morgan fingerprint density at radius 3 is 2.68 bits per heavy atom. The van der Waals surface area contributed by atoms with E-state index in [1.807, 2.05) is 0 Å². The number of aryl methyl sites for hydroxylation is 1. The van der Waals surface area contributed by atoms with E-state index >= 15 is 0 Å². The van der Waals surface area contributed by atoms with Crippen molar-refractivity contribution in [2.75, 3.05) is 23.3 Å². The molecule has 132 valence electrons. The lowest BCUT2D eigenvalue weighted by molar-refractivity contribution is -0.384. The smallest absolute Gasteiger partial charge is 0.270 e. The number of nitro benzene ring substituents is 1. The molecule has 0 aliphatic carbocycles. The van der Waals surface area contributed by atoms with Crippen molar-refractivity contribution in [3.8, 4) is 0 Å². The van der Waals surface area contributed by atoms with E-state index in [2.05, 4.69) is 27.3 Å². The number of nitrogens with one attached hydrogen (secondary N) is 1. The van der Waals surface area contributed by atoms with Crippen molar-refractivity contribution in [3.63, 3.8) is 0 Å². The number of carbonyl (C=O) groups is 1. The lowest BCUT2D eigenvalue weighted by atomic mass is 9.98. The number of aromatic nitrogens is 2. The van der Waals surface area contributed by atoms with Crippen LogP contribution in [0.3, 0.4) is 0 Å². The third-order valence-electron chi connectivity index (χ3n) is 4.31. The molecule has 1 aromatic carbocycles. The number of carbonyl (C=O) groups excluding carboxylic acids is 1. The molecule has 0 spiro atoms. The molecule has 0 saturated carbocycles. The van der Waals surface area contributed by atoms with E-state index < -0.39 is 10.8 Å². The van der Waals surface area contributed by atoms with E-state index in [0.717, 1.165) is 36.6 Å². The van der Waals surface area contributed by atoms with Gasteiger partial charge in [-0.15, -0.1) is 10.2 Å². The van der Waals surface area contributed by atoms with Gasteiger partial charge in [0.1, 0.15) is 5.01 Å². The van der Waals surface area contributed by atoms with E-state index in [-0.39, 0.29) is 11.3 Å². The van der Waals surface area contributed by atoms with E-state index in [4.69, 9.17) is 0 Å². The Balaban J connectivity index is 1.91. The second kappa shape index (κ2) is 7.14. The third-order valence-corrected chi connectivity index (χ3v) is 5.06. The first-order chi connectivity index (χ1) is 11.9. The molecule has 1 fully saturated rings. The quantitative estimate of drug-likeness (QED) is 0.662. The van der Waals surface area contributed by atoms with Crippen LogP contribution in [0.4, 0.5) is 16.5 Å². The van der Waals surface area contributed by atoms with Crippen LogP contribution in [0.1, 0.15) is 35.1 Å². The van der Waals surface area contributed by atoms with Gasteiger partial charge in [-0.25, -0.2) is 0 Å². The number of hydrogen-bond acceptors (Lipinski definition) is 7. The number of nitrogens with zero attached hydrogens (tertiary/aromatic N) is 4. The van der Waals surface area contributed by atoms with Gasteiger partial charge in [0.15, 0.2) is 0 Å². The molecule has 1 aliphatic heterocycles. The summed E-state index contributed by atoms with van der Waals surface area (Å²) in [6.07, 6.45) is 2.07. The van der Waals surface area contributed by atoms with Crippen molar-refractivity contribution in [1.29, 1.82) is 0 Å². The van der Waals surface area contributed by atoms with Gasteiger partial charge < -0.3 is 4.90 Å². The average Bonchev–Trinajstić information content (AvgIpc) is 3.00. The van der Waals surface area contributed by atoms with Gasteiger partial charge in [-0.2, -0.15) is 0 Å². The Morgan fingerprint density at radius 2 is 2.08 bits per heavy atom. The van der Waals surface area contributed by atoms with Gasteiger partial charge in [-0.3, -0.25) is 20.2 Å². The van der Waals surface area contributed by atoms with E-state index in [9.17, 15) is 14.9 Å². The highest BCUT2D eigenvalue weighted by atomic mass is 32.1. The first kappa shape index (κ1) is 17.3. The molecule has 25 heavy (non-hydrogen) atoms.